The second kappa shape index (κ2) is 13.2. The fourth-order valence-electron chi connectivity index (χ4n) is 2.33. The third-order valence-corrected chi connectivity index (χ3v) is 3.44. The van der Waals surface area contributed by atoms with Crippen LogP contribution in [0.3, 0.4) is 0 Å². The molecule has 0 saturated heterocycles. The number of hydrogen-bond donors (Lipinski definition) is 0. The topological polar surface area (TPSA) is 23.8 Å². The molecule has 1 nitrogen and oxygen atoms in total. The fraction of sp³-hybridized carbons (Fsp3) is 0.150. The van der Waals surface area contributed by atoms with Gasteiger partial charge in [0.2, 0.25) is 0 Å². The van der Waals surface area contributed by atoms with E-state index < -0.39 is 0 Å². The number of hydrogen-bond acceptors (Lipinski definition) is 0. The molecule has 0 unspecified atom stereocenters. The van der Waals surface area contributed by atoms with E-state index in [-0.39, 0.29) is 46.5 Å². The van der Waals surface area contributed by atoms with Gasteiger partial charge in [-0.3, -0.25) is 0 Å². The normalized spacial score (nSPS) is 11.2. The smallest absolute Gasteiger partial charge is 1.00 e. The predicted molar refractivity (Wildman–Crippen MR) is 92.3 cm³/mol. The first-order valence-electron chi connectivity index (χ1n) is 7.23. The molecule has 0 atom stereocenters. The second-order valence-corrected chi connectivity index (χ2v) is 5.06. The van der Waals surface area contributed by atoms with Crippen LogP contribution in [0.15, 0.2) is 72.3 Å². The molecule has 0 aliphatic heterocycles. The van der Waals surface area contributed by atoms with Crippen LogP contribution in [-0.2, 0) is 21.7 Å². The Morgan fingerprint density at radius 3 is 1.96 bits per heavy atom. The zero-order valence-corrected chi connectivity index (χ0v) is 17.0. The van der Waals surface area contributed by atoms with Crippen LogP contribution in [0.1, 0.15) is 31.4 Å². The molecule has 3 rings (SSSR count). The van der Waals surface area contributed by atoms with Crippen LogP contribution in [0.25, 0.3) is 11.3 Å². The summed E-state index contributed by atoms with van der Waals surface area (Å²) in [5.74, 6) is 0. The summed E-state index contributed by atoms with van der Waals surface area (Å²) >= 11 is 0. The van der Waals surface area contributed by atoms with Crippen molar-refractivity contribution in [2.24, 2.45) is 0 Å². The van der Waals surface area contributed by atoms with E-state index in [2.05, 4.69) is 56.7 Å². The van der Waals surface area contributed by atoms with Crippen LogP contribution in [0.2, 0.25) is 0 Å². The van der Waals surface area contributed by atoms with E-state index in [1.165, 1.54) is 22.3 Å². The van der Waals surface area contributed by atoms with E-state index in [1.807, 2.05) is 18.2 Å². The summed E-state index contributed by atoms with van der Waals surface area (Å²) in [6.07, 6.45) is 7.81. The van der Waals surface area contributed by atoms with Crippen molar-refractivity contribution in [1.29, 1.82) is 0 Å². The summed E-state index contributed by atoms with van der Waals surface area (Å²) in [6, 6.07) is 17.7. The first kappa shape index (κ1) is 25.1. The van der Waals surface area contributed by atoms with Crippen molar-refractivity contribution in [3.8, 4) is 0 Å². The Hall–Kier alpha value is -1.12. The molecular formula is C20H21Cl2NTi-2. The Morgan fingerprint density at radius 2 is 1.50 bits per heavy atom. The van der Waals surface area contributed by atoms with E-state index >= 15 is 0 Å². The average Bonchev–Trinajstić information content (AvgIpc) is 2.95. The SMILES string of the molecule is C[CH-]c1ccccc1C1=CC(C)=CC1.[Cl-].[Cl-].[NH-]c1ccccc1.[Ti+2]. The average molecular weight is 394 g/mol. The van der Waals surface area contributed by atoms with Gasteiger partial charge in [0.25, 0.3) is 0 Å². The van der Waals surface area contributed by atoms with Gasteiger partial charge in [0, 0.05) is 0 Å². The Balaban J connectivity index is 0. The summed E-state index contributed by atoms with van der Waals surface area (Å²) in [5, 5.41) is 0. The monoisotopic (exact) mass is 393 g/mol. The zero-order valence-electron chi connectivity index (χ0n) is 13.9. The van der Waals surface area contributed by atoms with Crippen molar-refractivity contribution >= 4 is 11.3 Å². The summed E-state index contributed by atoms with van der Waals surface area (Å²) in [7, 11) is 0. The molecule has 2 aromatic carbocycles. The first-order valence-corrected chi connectivity index (χ1v) is 7.23. The molecule has 0 saturated carbocycles. The minimum absolute atomic E-state index is 0. The van der Waals surface area contributed by atoms with E-state index in [9.17, 15) is 0 Å². The molecule has 4 heteroatoms. The Kier molecular flexibility index (Phi) is 13.8. The van der Waals surface area contributed by atoms with Gasteiger partial charge in [0.15, 0.2) is 0 Å². The second-order valence-electron chi connectivity index (χ2n) is 5.06. The molecule has 0 spiro atoms. The van der Waals surface area contributed by atoms with Crippen LogP contribution in [-0.4, -0.2) is 0 Å². The molecular weight excluding hydrogens is 373 g/mol. The van der Waals surface area contributed by atoms with Crippen LogP contribution >= 0.6 is 0 Å². The molecule has 126 valence electrons. The van der Waals surface area contributed by atoms with Gasteiger partial charge in [-0.2, -0.15) is 18.1 Å². The quantitative estimate of drug-likeness (QED) is 0.520. The molecule has 1 aliphatic carbocycles. The molecule has 0 amide bonds. The van der Waals surface area contributed by atoms with Crippen molar-refractivity contribution in [1.82, 2.24) is 0 Å². The maximum absolute atomic E-state index is 7.00. The molecule has 2 aromatic rings. The van der Waals surface area contributed by atoms with Crippen LogP contribution < -0.4 is 24.8 Å². The molecule has 0 heterocycles. The molecule has 0 aromatic heterocycles. The van der Waals surface area contributed by atoms with E-state index in [0.717, 1.165) is 6.42 Å². The van der Waals surface area contributed by atoms with Crippen molar-refractivity contribution in [3.63, 3.8) is 0 Å². The van der Waals surface area contributed by atoms with Gasteiger partial charge in [0.05, 0.1) is 0 Å². The Morgan fingerprint density at radius 1 is 0.917 bits per heavy atom. The van der Waals surface area contributed by atoms with Crippen molar-refractivity contribution < 1.29 is 46.5 Å². The van der Waals surface area contributed by atoms with Gasteiger partial charge in [-0.25, -0.2) is 0 Å². The standard InChI is InChI=1S/C14H15.C6H6N.2ClH.Ti/c1-3-12-6-4-5-7-14(12)13-9-8-11(2)10-13;7-6-4-2-1-3-5-6;;;/h3-8,10H,9H2,1-2H3;1-5,7H;2*1H;/q2*-1;;;+2/p-2. The van der Waals surface area contributed by atoms with E-state index in [4.69, 9.17) is 5.73 Å². The molecule has 0 bridgehead atoms. The summed E-state index contributed by atoms with van der Waals surface area (Å²) in [4.78, 5) is 0. The Bertz CT molecular complexity index is 652. The van der Waals surface area contributed by atoms with Gasteiger partial charge in [-0.15, -0.1) is 23.4 Å². The summed E-state index contributed by atoms with van der Waals surface area (Å²) in [6.45, 7) is 4.25. The van der Waals surface area contributed by atoms with Crippen LogP contribution in [0.4, 0.5) is 5.69 Å². The molecule has 0 fully saturated rings. The maximum atomic E-state index is 7.00. The fourth-order valence-corrected chi connectivity index (χ4v) is 2.33. The molecule has 24 heavy (non-hydrogen) atoms. The van der Waals surface area contributed by atoms with Crippen molar-refractivity contribution in [2.45, 2.75) is 20.3 Å². The van der Waals surface area contributed by atoms with Gasteiger partial charge in [-0.05, 0) is 13.3 Å². The minimum Gasteiger partial charge on any atom is -1.00 e. The summed E-state index contributed by atoms with van der Waals surface area (Å²) in [5.41, 5.74) is 13.1. The molecule has 1 N–H and O–H groups in total. The van der Waals surface area contributed by atoms with Crippen LogP contribution in [0, 0.1) is 6.42 Å². The number of allylic oxidation sites excluding steroid dienone is 4. The van der Waals surface area contributed by atoms with E-state index in [0.29, 0.717) is 5.69 Å². The Labute approximate surface area is 173 Å². The van der Waals surface area contributed by atoms with Crippen molar-refractivity contribution in [3.05, 3.63) is 95.6 Å². The summed E-state index contributed by atoms with van der Waals surface area (Å²) < 4.78 is 0. The van der Waals surface area contributed by atoms with Crippen molar-refractivity contribution in [2.75, 3.05) is 0 Å². The van der Waals surface area contributed by atoms with Gasteiger partial charge < -0.3 is 30.5 Å². The largest absolute Gasteiger partial charge is 2.00 e. The maximum Gasteiger partial charge on any atom is 2.00 e. The number of nitrogens with one attached hydrogen (secondary N) is 1. The molecule has 1 aliphatic rings. The van der Waals surface area contributed by atoms with Gasteiger partial charge >= 0.3 is 21.7 Å². The third kappa shape index (κ3) is 7.64. The zero-order chi connectivity index (χ0) is 15.1. The van der Waals surface area contributed by atoms with E-state index in [1.54, 1.807) is 12.1 Å². The van der Waals surface area contributed by atoms with Gasteiger partial charge in [0.1, 0.15) is 0 Å². The van der Waals surface area contributed by atoms with Gasteiger partial charge in [-0.1, -0.05) is 66.6 Å². The predicted octanol–water partition coefficient (Wildman–Crippen LogP) is 0.368. The first-order chi connectivity index (χ1) is 10.2. The number of rotatable bonds is 2. The minimum atomic E-state index is 0. The number of halogens is 2. The van der Waals surface area contributed by atoms with Crippen LogP contribution in [0.5, 0.6) is 0 Å². The third-order valence-electron chi connectivity index (χ3n) is 3.44. The number of benzene rings is 2. The molecule has 0 radical (unpaired) electrons.